The molecule has 0 spiro atoms. The molecule has 2 aromatic carbocycles. The van der Waals surface area contributed by atoms with Crippen LogP contribution in [-0.2, 0) is 22.2 Å². The number of halogens is 2. The summed E-state index contributed by atoms with van der Waals surface area (Å²) in [5.74, 6) is -0.812. The zero-order chi connectivity index (χ0) is 16.7. The highest BCUT2D eigenvalue weighted by atomic mass is 32.2. The van der Waals surface area contributed by atoms with Crippen molar-refractivity contribution in [3.8, 4) is 0 Å². The van der Waals surface area contributed by atoms with E-state index in [4.69, 9.17) is 0 Å². The first-order valence-electron chi connectivity index (χ1n) is 7.41. The average Bonchev–Trinajstić information content (AvgIpc) is 2.51. The van der Waals surface area contributed by atoms with Gasteiger partial charge >= 0.3 is 0 Å². The van der Waals surface area contributed by atoms with E-state index in [1.807, 2.05) is 0 Å². The summed E-state index contributed by atoms with van der Waals surface area (Å²) in [5.41, 5.74) is 1.57. The van der Waals surface area contributed by atoms with Crippen LogP contribution in [0.15, 0.2) is 48.5 Å². The van der Waals surface area contributed by atoms with Gasteiger partial charge in [-0.1, -0.05) is 24.3 Å². The molecule has 0 unspecified atom stereocenters. The Morgan fingerprint density at radius 3 is 1.87 bits per heavy atom. The standard InChI is InChI=1S/C17H19F2NO2S/c18-16-8-4-14(5-9-16)3-1-2-12-20-23(21,22)13-15-6-10-17(19)11-7-15/h4-11,20H,1-3,12-13H2. The maximum atomic E-state index is 12.8. The van der Waals surface area contributed by atoms with Crippen LogP contribution in [0.5, 0.6) is 0 Å². The lowest BCUT2D eigenvalue weighted by Crippen LogP contribution is -2.26. The van der Waals surface area contributed by atoms with Crippen LogP contribution >= 0.6 is 0 Å². The van der Waals surface area contributed by atoms with Crippen LogP contribution in [0.1, 0.15) is 24.0 Å². The zero-order valence-corrected chi connectivity index (χ0v) is 13.5. The second kappa shape index (κ2) is 8.17. The Bertz CT molecular complexity index is 713. The number of sulfonamides is 1. The molecule has 6 heteroatoms. The lowest BCUT2D eigenvalue weighted by molar-refractivity contribution is 0.575. The minimum absolute atomic E-state index is 0.161. The summed E-state index contributed by atoms with van der Waals surface area (Å²) >= 11 is 0. The van der Waals surface area contributed by atoms with Gasteiger partial charge < -0.3 is 0 Å². The highest BCUT2D eigenvalue weighted by Gasteiger charge is 2.10. The number of benzene rings is 2. The van der Waals surface area contributed by atoms with Crippen molar-refractivity contribution < 1.29 is 17.2 Å². The summed E-state index contributed by atoms with van der Waals surface area (Å²) < 4.78 is 51.9. The van der Waals surface area contributed by atoms with Gasteiger partial charge in [0.05, 0.1) is 5.75 Å². The Morgan fingerprint density at radius 2 is 1.30 bits per heavy atom. The van der Waals surface area contributed by atoms with E-state index < -0.39 is 10.0 Å². The largest absolute Gasteiger partial charge is 0.215 e. The van der Waals surface area contributed by atoms with Crippen LogP contribution in [0.3, 0.4) is 0 Å². The molecule has 2 rings (SSSR count). The summed E-state index contributed by atoms with van der Waals surface area (Å²) in [6, 6.07) is 11.7. The van der Waals surface area contributed by atoms with Crippen molar-refractivity contribution in [2.75, 3.05) is 6.54 Å². The first-order valence-corrected chi connectivity index (χ1v) is 9.06. The van der Waals surface area contributed by atoms with E-state index in [1.165, 1.54) is 36.4 Å². The van der Waals surface area contributed by atoms with Gasteiger partial charge in [-0.25, -0.2) is 21.9 Å². The van der Waals surface area contributed by atoms with Crippen molar-refractivity contribution in [2.24, 2.45) is 0 Å². The van der Waals surface area contributed by atoms with E-state index in [9.17, 15) is 17.2 Å². The molecule has 0 saturated carbocycles. The van der Waals surface area contributed by atoms with Crippen molar-refractivity contribution >= 4 is 10.0 Å². The molecule has 0 aliphatic carbocycles. The molecular weight excluding hydrogens is 320 g/mol. The summed E-state index contributed by atoms with van der Waals surface area (Å²) in [5, 5.41) is 0. The molecule has 0 aromatic heterocycles. The van der Waals surface area contributed by atoms with Gasteiger partial charge in [-0.05, 0) is 54.7 Å². The molecule has 3 nitrogen and oxygen atoms in total. The Balaban J connectivity index is 1.70. The fraction of sp³-hybridized carbons (Fsp3) is 0.294. The maximum Gasteiger partial charge on any atom is 0.215 e. The van der Waals surface area contributed by atoms with Gasteiger partial charge in [0.15, 0.2) is 0 Å². The van der Waals surface area contributed by atoms with Crippen LogP contribution in [0.25, 0.3) is 0 Å². The van der Waals surface area contributed by atoms with Gasteiger partial charge in [0.1, 0.15) is 11.6 Å². The predicted molar refractivity (Wildman–Crippen MR) is 86.4 cm³/mol. The Hall–Kier alpha value is -1.79. The number of rotatable bonds is 8. The molecule has 0 aliphatic rings. The first kappa shape index (κ1) is 17.6. The van der Waals surface area contributed by atoms with Gasteiger partial charge in [-0.3, -0.25) is 0 Å². The third-order valence-electron chi connectivity index (χ3n) is 3.40. The van der Waals surface area contributed by atoms with Gasteiger partial charge in [0.25, 0.3) is 0 Å². The third kappa shape index (κ3) is 6.46. The van der Waals surface area contributed by atoms with Crippen molar-refractivity contribution in [3.63, 3.8) is 0 Å². The lowest BCUT2D eigenvalue weighted by atomic mass is 10.1. The predicted octanol–water partition coefficient (Wildman–Crippen LogP) is 3.41. The molecule has 0 amide bonds. The molecule has 0 fully saturated rings. The van der Waals surface area contributed by atoms with Crippen molar-refractivity contribution in [1.82, 2.24) is 4.72 Å². The van der Waals surface area contributed by atoms with E-state index in [0.29, 0.717) is 18.5 Å². The van der Waals surface area contributed by atoms with Crippen LogP contribution in [0.2, 0.25) is 0 Å². The number of hydrogen-bond acceptors (Lipinski definition) is 2. The number of unbranched alkanes of at least 4 members (excludes halogenated alkanes) is 1. The molecule has 0 heterocycles. The normalized spacial score (nSPS) is 11.6. The highest BCUT2D eigenvalue weighted by Crippen LogP contribution is 2.08. The zero-order valence-electron chi connectivity index (χ0n) is 12.6. The topological polar surface area (TPSA) is 46.2 Å². The van der Waals surface area contributed by atoms with Gasteiger partial charge in [0.2, 0.25) is 10.0 Å². The van der Waals surface area contributed by atoms with Gasteiger partial charge in [-0.15, -0.1) is 0 Å². The van der Waals surface area contributed by atoms with E-state index in [0.717, 1.165) is 18.4 Å². The number of aryl methyl sites for hydroxylation is 1. The van der Waals surface area contributed by atoms with Gasteiger partial charge in [0, 0.05) is 6.54 Å². The van der Waals surface area contributed by atoms with Crippen LogP contribution in [0.4, 0.5) is 8.78 Å². The highest BCUT2D eigenvalue weighted by molar-refractivity contribution is 7.88. The fourth-order valence-corrected chi connectivity index (χ4v) is 3.37. The summed E-state index contributed by atoms with van der Waals surface area (Å²) in [7, 11) is -3.42. The van der Waals surface area contributed by atoms with E-state index in [-0.39, 0.29) is 17.4 Å². The summed E-state index contributed by atoms with van der Waals surface area (Å²) in [6.45, 7) is 0.352. The Kier molecular flexibility index (Phi) is 6.24. The SMILES string of the molecule is O=S(=O)(Cc1ccc(F)cc1)NCCCCc1ccc(F)cc1. The number of nitrogens with one attached hydrogen (secondary N) is 1. The second-order valence-electron chi connectivity index (χ2n) is 5.36. The lowest BCUT2D eigenvalue weighted by Gasteiger charge is -2.07. The third-order valence-corrected chi connectivity index (χ3v) is 4.75. The van der Waals surface area contributed by atoms with Crippen molar-refractivity contribution in [1.29, 1.82) is 0 Å². The first-order chi connectivity index (χ1) is 10.9. The monoisotopic (exact) mass is 339 g/mol. The maximum absolute atomic E-state index is 12.8. The fourth-order valence-electron chi connectivity index (χ4n) is 2.18. The smallest absolute Gasteiger partial charge is 0.215 e. The minimum Gasteiger partial charge on any atom is -0.215 e. The average molecular weight is 339 g/mol. The Morgan fingerprint density at radius 1 is 0.783 bits per heavy atom. The van der Waals surface area contributed by atoms with Crippen LogP contribution < -0.4 is 4.72 Å². The summed E-state index contributed by atoms with van der Waals surface area (Å²) in [6.07, 6.45) is 2.28. The molecule has 0 aliphatic heterocycles. The molecule has 0 radical (unpaired) electrons. The minimum atomic E-state index is -3.42. The van der Waals surface area contributed by atoms with E-state index in [1.54, 1.807) is 12.1 Å². The van der Waals surface area contributed by atoms with Crippen molar-refractivity contribution in [3.05, 3.63) is 71.3 Å². The van der Waals surface area contributed by atoms with E-state index >= 15 is 0 Å². The molecule has 23 heavy (non-hydrogen) atoms. The molecule has 2 aromatic rings. The van der Waals surface area contributed by atoms with Gasteiger partial charge in [-0.2, -0.15) is 0 Å². The summed E-state index contributed by atoms with van der Waals surface area (Å²) in [4.78, 5) is 0. The molecular formula is C17H19F2NO2S. The molecule has 0 bridgehead atoms. The quantitative estimate of drug-likeness (QED) is 0.749. The van der Waals surface area contributed by atoms with Crippen LogP contribution in [-0.4, -0.2) is 15.0 Å². The van der Waals surface area contributed by atoms with E-state index in [2.05, 4.69) is 4.72 Å². The Labute approximate surface area is 135 Å². The van der Waals surface area contributed by atoms with Crippen molar-refractivity contribution in [2.45, 2.75) is 25.0 Å². The second-order valence-corrected chi connectivity index (χ2v) is 7.17. The molecule has 0 saturated heterocycles. The molecule has 124 valence electrons. The molecule has 1 N–H and O–H groups in total. The number of hydrogen-bond donors (Lipinski definition) is 1. The van der Waals surface area contributed by atoms with Crippen LogP contribution in [0, 0.1) is 11.6 Å². The molecule has 0 atom stereocenters.